The van der Waals surface area contributed by atoms with E-state index in [1.807, 2.05) is 45.8 Å². The van der Waals surface area contributed by atoms with Gasteiger partial charge in [0.15, 0.2) is 5.11 Å². The van der Waals surface area contributed by atoms with E-state index in [9.17, 15) is 9.59 Å². The molecule has 2 heterocycles. The SMILES string of the molecule is CCOc1cccc(N2C(=O)C(=Cc3cc(C)n(-c4ccc(N(C)C)cc4)c3C)C(=O)NC2=S)c1. The Morgan fingerprint density at radius 3 is 2.40 bits per heavy atom. The van der Waals surface area contributed by atoms with E-state index < -0.39 is 11.8 Å². The predicted molar refractivity (Wildman–Crippen MR) is 143 cm³/mol. The van der Waals surface area contributed by atoms with Crippen molar-refractivity contribution in [2.45, 2.75) is 20.8 Å². The fourth-order valence-corrected chi connectivity index (χ4v) is 4.44. The second-order valence-electron chi connectivity index (χ2n) is 8.46. The first-order valence-corrected chi connectivity index (χ1v) is 11.7. The van der Waals surface area contributed by atoms with E-state index in [-0.39, 0.29) is 10.7 Å². The average Bonchev–Trinajstić information content (AvgIpc) is 3.09. The highest BCUT2D eigenvalue weighted by atomic mass is 32.1. The molecular weight excluding hydrogens is 460 g/mol. The van der Waals surface area contributed by atoms with Gasteiger partial charge in [-0.25, -0.2) is 0 Å². The number of hydrogen-bond acceptors (Lipinski definition) is 5. The molecule has 0 saturated carbocycles. The molecule has 35 heavy (non-hydrogen) atoms. The highest BCUT2D eigenvalue weighted by molar-refractivity contribution is 7.80. The highest BCUT2D eigenvalue weighted by Crippen LogP contribution is 2.28. The normalized spacial score (nSPS) is 14.9. The zero-order valence-electron chi connectivity index (χ0n) is 20.5. The van der Waals surface area contributed by atoms with E-state index in [0.717, 1.165) is 28.3 Å². The van der Waals surface area contributed by atoms with Gasteiger partial charge in [-0.1, -0.05) is 6.07 Å². The van der Waals surface area contributed by atoms with Crippen molar-refractivity contribution in [1.29, 1.82) is 0 Å². The molecule has 8 heteroatoms. The summed E-state index contributed by atoms with van der Waals surface area (Å²) in [6, 6.07) is 17.3. The van der Waals surface area contributed by atoms with Crippen LogP contribution < -0.4 is 19.9 Å². The lowest BCUT2D eigenvalue weighted by molar-refractivity contribution is -0.122. The zero-order chi connectivity index (χ0) is 25.3. The van der Waals surface area contributed by atoms with Crippen molar-refractivity contribution in [1.82, 2.24) is 9.88 Å². The van der Waals surface area contributed by atoms with Crippen LogP contribution in [-0.2, 0) is 9.59 Å². The second-order valence-corrected chi connectivity index (χ2v) is 8.85. The summed E-state index contributed by atoms with van der Waals surface area (Å²) < 4.78 is 7.66. The van der Waals surface area contributed by atoms with Crippen molar-refractivity contribution in [3.05, 3.63) is 77.1 Å². The monoisotopic (exact) mass is 488 g/mol. The Labute approximate surface area is 210 Å². The highest BCUT2D eigenvalue weighted by Gasteiger charge is 2.35. The smallest absolute Gasteiger partial charge is 0.270 e. The van der Waals surface area contributed by atoms with Crippen molar-refractivity contribution in [3.8, 4) is 11.4 Å². The molecule has 7 nitrogen and oxygen atoms in total. The Kier molecular flexibility index (Phi) is 6.75. The summed E-state index contributed by atoms with van der Waals surface area (Å²) in [5.74, 6) is -0.378. The van der Waals surface area contributed by atoms with Crippen LogP contribution in [0.5, 0.6) is 5.75 Å². The van der Waals surface area contributed by atoms with Crippen LogP contribution in [0.15, 0.2) is 60.2 Å². The van der Waals surface area contributed by atoms with E-state index in [1.165, 1.54) is 4.90 Å². The van der Waals surface area contributed by atoms with Crippen LogP contribution in [0.1, 0.15) is 23.9 Å². The number of amides is 2. The van der Waals surface area contributed by atoms with E-state index in [4.69, 9.17) is 17.0 Å². The lowest BCUT2D eigenvalue weighted by atomic mass is 10.1. The molecule has 2 aromatic carbocycles. The van der Waals surface area contributed by atoms with Gasteiger partial charge in [0.2, 0.25) is 0 Å². The number of anilines is 2. The van der Waals surface area contributed by atoms with Gasteiger partial charge in [-0.2, -0.15) is 0 Å². The van der Waals surface area contributed by atoms with Crippen molar-refractivity contribution in [2.24, 2.45) is 0 Å². The molecule has 1 fully saturated rings. The molecule has 1 aromatic heterocycles. The van der Waals surface area contributed by atoms with Crippen LogP contribution in [0, 0.1) is 13.8 Å². The molecule has 1 N–H and O–H groups in total. The first-order chi connectivity index (χ1) is 16.7. The maximum atomic E-state index is 13.5. The first kappa shape index (κ1) is 24.2. The summed E-state index contributed by atoms with van der Waals surface area (Å²) >= 11 is 5.33. The number of nitrogens with one attached hydrogen (secondary N) is 1. The van der Waals surface area contributed by atoms with Crippen molar-refractivity contribution in [3.63, 3.8) is 0 Å². The van der Waals surface area contributed by atoms with Gasteiger partial charge < -0.3 is 14.2 Å². The van der Waals surface area contributed by atoms with E-state index >= 15 is 0 Å². The molecule has 1 aliphatic heterocycles. The number of hydrogen-bond donors (Lipinski definition) is 1. The van der Waals surface area contributed by atoms with Crippen molar-refractivity contribution in [2.75, 3.05) is 30.5 Å². The maximum absolute atomic E-state index is 13.5. The molecule has 1 aliphatic rings. The Balaban J connectivity index is 1.71. The zero-order valence-corrected chi connectivity index (χ0v) is 21.3. The molecule has 0 atom stereocenters. The molecule has 180 valence electrons. The molecule has 4 rings (SSSR count). The number of ether oxygens (including phenoxy) is 1. The summed E-state index contributed by atoms with van der Waals surface area (Å²) in [5.41, 5.74) is 5.36. The van der Waals surface area contributed by atoms with Crippen LogP contribution >= 0.6 is 12.2 Å². The Hall–Kier alpha value is -3.91. The summed E-state index contributed by atoms with van der Waals surface area (Å²) in [6.07, 6.45) is 1.63. The second kappa shape index (κ2) is 9.76. The van der Waals surface area contributed by atoms with Gasteiger partial charge in [-0.15, -0.1) is 0 Å². The molecule has 0 aliphatic carbocycles. The Morgan fingerprint density at radius 1 is 1.03 bits per heavy atom. The van der Waals surface area contributed by atoms with E-state index in [2.05, 4.69) is 34.1 Å². The van der Waals surface area contributed by atoms with Crippen LogP contribution in [0.4, 0.5) is 11.4 Å². The largest absolute Gasteiger partial charge is 0.494 e. The fraction of sp³-hybridized carbons (Fsp3) is 0.222. The third-order valence-corrected chi connectivity index (χ3v) is 6.17. The van der Waals surface area contributed by atoms with Gasteiger partial charge >= 0.3 is 0 Å². The quantitative estimate of drug-likeness (QED) is 0.317. The van der Waals surface area contributed by atoms with Crippen molar-refractivity contribution < 1.29 is 14.3 Å². The number of thiocarbonyl (C=S) groups is 1. The predicted octanol–water partition coefficient (Wildman–Crippen LogP) is 4.39. The number of rotatable bonds is 6. The Bertz CT molecular complexity index is 1340. The van der Waals surface area contributed by atoms with Crippen LogP contribution in [-0.4, -0.2) is 42.2 Å². The van der Waals surface area contributed by atoms with Gasteiger partial charge in [0.1, 0.15) is 11.3 Å². The number of benzene rings is 2. The number of carbonyl (C=O) groups is 2. The van der Waals surface area contributed by atoms with Gasteiger partial charge in [0.05, 0.1) is 12.3 Å². The number of nitrogens with zero attached hydrogens (tertiary/aromatic N) is 3. The molecule has 0 spiro atoms. The van der Waals surface area contributed by atoms with Crippen LogP contribution in [0.25, 0.3) is 11.8 Å². The van der Waals surface area contributed by atoms with Crippen molar-refractivity contribution >= 4 is 46.6 Å². The number of carbonyl (C=O) groups excluding carboxylic acids is 2. The minimum atomic E-state index is -0.516. The number of aryl methyl sites for hydroxylation is 1. The van der Waals surface area contributed by atoms with Crippen LogP contribution in [0.2, 0.25) is 0 Å². The summed E-state index contributed by atoms with van der Waals surface area (Å²) in [5, 5.41) is 2.69. The van der Waals surface area contributed by atoms with E-state index in [1.54, 1.807) is 30.3 Å². The standard InChI is InChI=1S/C27H28N4O3S/c1-6-34-23-9-7-8-22(16-23)31-26(33)24(25(32)28-27(31)35)15-19-14-17(2)30(18(19)3)21-12-10-20(11-13-21)29(4)5/h7-16H,6H2,1-5H3,(H,28,32,35). The first-order valence-electron chi connectivity index (χ1n) is 11.3. The molecule has 0 radical (unpaired) electrons. The molecule has 0 bridgehead atoms. The molecule has 0 unspecified atom stereocenters. The van der Waals surface area contributed by atoms with E-state index in [0.29, 0.717) is 18.0 Å². The third-order valence-electron chi connectivity index (χ3n) is 5.88. The van der Waals surface area contributed by atoms with Gasteiger partial charge in [0.25, 0.3) is 11.8 Å². The maximum Gasteiger partial charge on any atom is 0.270 e. The lowest BCUT2D eigenvalue weighted by Crippen LogP contribution is -2.54. The number of aromatic nitrogens is 1. The van der Waals surface area contributed by atoms with Gasteiger partial charge in [0, 0.05) is 42.9 Å². The molecule has 3 aromatic rings. The minimum Gasteiger partial charge on any atom is -0.494 e. The molecule has 2 amide bonds. The fourth-order valence-electron chi connectivity index (χ4n) is 4.16. The topological polar surface area (TPSA) is 66.8 Å². The van der Waals surface area contributed by atoms with Gasteiger partial charge in [-0.05, 0) is 87.1 Å². The summed E-state index contributed by atoms with van der Waals surface area (Å²) in [7, 11) is 4.00. The van der Waals surface area contributed by atoms with Crippen LogP contribution in [0.3, 0.4) is 0 Å². The molecule has 1 saturated heterocycles. The Morgan fingerprint density at radius 2 is 1.74 bits per heavy atom. The van der Waals surface area contributed by atoms with Gasteiger partial charge in [-0.3, -0.25) is 19.8 Å². The third kappa shape index (κ3) is 4.70. The molecular formula is C27H28N4O3S. The lowest BCUT2D eigenvalue weighted by Gasteiger charge is -2.29. The average molecular weight is 489 g/mol. The minimum absolute atomic E-state index is 0.0172. The summed E-state index contributed by atoms with van der Waals surface area (Å²) in [4.78, 5) is 29.6. The summed E-state index contributed by atoms with van der Waals surface area (Å²) in [6.45, 7) is 6.35.